The standard InChI is InChI=1S/C61H37N9S/c1-6-19-38(20-7-1)55-63-56(39-21-8-2-9-22-39)66-60(65-55)69-51-34-33-43(35-47(51)48-36-53-49(37-52(48)69)62-59(71-53)42-27-14-5-15-28-42)44-30-18-31-46-45-29-16-17-32-50(45)70(54(44)46)61-67-57(40-23-10-3-11-24-40)64-58(68-61)41-25-12-4-13-26-41/h1-37H. The number of nitrogens with zero attached hydrogens (tertiary/aromatic N) is 9. The molecule has 71 heavy (non-hydrogen) atoms. The summed E-state index contributed by atoms with van der Waals surface area (Å²) in [7, 11) is 0. The summed E-state index contributed by atoms with van der Waals surface area (Å²) in [5.74, 6) is 3.43. The van der Waals surface area contributed by atoms with Crippen LogP contribution in [0.1, 0.15) is 0 Å². The number of rotatable bonds is 8. The molecule has 332 valence electrons. The minimum absolute atomic E-state index is 0.517. The van der Waals surface area contributed by atoms with Crippen LogP contribution in [-0.2, 0) is 0 Å². The second-order valence-electron chi connectivity index (χ2n) is 17.4. The first-order valence-corrected chi connectivity index (χ1v) is 24.2. The molecule has 14 rings (SSSR count). The lowest BCUT2D eigenvalue weighted by Gasteiger charge is -2.13. The van der Waals surface area contributed by atoms with E-state index in [1.807, 2.05) is 127 Å². The van der Waals surface area contributed by atoms with E-state index in [4.69, 9.17) is 34.9 Å². The molecule has 0 saturated carbocycles. The summed E-state index contributed by atoms with van der Waals surface area (Å²) in [6.07, 6.45) is 0. The molecule has 14 aromatic rings. The summed E-state index contributed by atoms with van der Waals surface area (Å²) in [6, 6.07) is 77.1. The van der Waals surface area contributed by atoms with Gasteiger partial charge >= 0.3 is 0 Å². The summed E-state index contributed by atoms with van der Waals surface area (Å²) in [6.45, 7) is 0. The van der Waals surface area contributed by atoms with Gasteiger partial charge in [-0.2, -0.15) is 19.9 Å². The quantitative estimate of drug-likeness (QED) is 0.150. The van der Waals surface area contributed by atoms with Crippen molar-refractivity contribution in [2.75, 3.05) is 0 Å². The van der Waals surface area contributed by atoms with Gasteiger partial charge in [-0.25, -0.2) is 15.0 Å². The molecular formula is C61H37N9S. The summed E-state index contributed by atoms with van der Waals surface area (Å²) >= 11 is 1.70. The number of para-hydroxylation sites is 2. The number of fused-ring (bicyclic) bond motifs is 7. The van der Waals surface area contributed by atoms with Crippen LogP contribution >= 0.6 is 11.3 Å². The molecule has 9 nitrogen and oxygen atoms in total. The molecule has 0 N–H and O–H groups in total. The molecule has 0 fully saturated rings. The second kappa shape index (κ2) is 16.6. The molecule has 0 aliphatic heterocycles. The van der Waals surface area contributed by atoms with Crippen LogP contribution in [0.3, 0.4) is 0 Å². The largest absolute Gasteiger partial charge is 0.278 e. The van der Waals surface area contributed by atoms with Gasteiger partial charge in [-0.1, -0.05) is 194 Å². The number of hydrogen-bond donors (Lipinski definition) is 0. The van der Waals surface area contributed by atoms with Gasteiger partial charge in [-0.15, -0.1) is 11.3 Å². The van der Waals surface area contributed by atoms with Crippen molar-refractivity contribution in [2.45, 2.75) is 0 Å². The van der Waals surface area contributed by atoms with Crippen LogP contribution < -0.4 is 0 Å². The number of thiazole rings is 1. The Morgan fingerprint density at radius 3 is 1.32 bits per heavy atom. The zero-order valence-electron chi connectivity index (χ0n) is 37.8. The summed E-state index contributed by atoms with van der Waals surface area (Å²) in [5, 5.41) is 5.27. The van der Waals surface area contributed by atoms with Crippen molar-refractivity contribution >= 4 is 65.2 Å². The molecule has 0 aliphatic carbocycles. The van der Waals surface area contributed by atoms with E-state index in [-0.39, 0.29) is 0 Å². The fourth-order valence-corrected chi connectivity index (χ4v) is 10.8. The molecule has 0 radical (unpaired) electrons. The monoisotopic (exact) mass is 927 g/mol. The smallest absolute Gasteiger partial charge is 0.238 e. The molecule has 10 heteroatoms. The average Bonchev–Trinajstić information content (AvgIpc) is 4.13. The van der Waals surface area contributed by atoms with Gasteiger partial charge in [-0.05, 0) is 35.9 Å². The van der Waals surface area contributed by atoms with Crippen molar-refractivity contribution in [2.24, 2.45) is 0 Å². The molecule has 0 spiro atoms. The average molecular weight is 928 g/mol. The second-order valence-corrected chi connectivity index (χ2v) is 18.4. The highest BCUT2D eigenvalue weighted by molar-refractivity contribution is 7.21. The third-order valence-electron chi connectivity index (χ3n) is 13.1. The molecule has 0 aliphatic rings. The van der Waals surface area contributed by atoms with Gasteiger partial charge in [0.15, 0.2) is 23.3 Å². The van der Waals surface area contributed by atoms with Gasteiger partial charge in [0.25, 0.3) is 0 Å². The van der Waals surface area contributed by atoms with Gasteiger partial charge in [0, 0.05) is 54.9 Å². The topological polar surface area (TPSA) is 100 Å². The lowest BCUT2D eigenvalue weighted by Crippen LogP contribution is -2.07. The zero-order chi connectivity index (χ0) is 46.8. The fraction of sp³-hybridized carbons (Fsp3) is 0. The maximum absolute atomic E-state index is 5.26. The van der Waals surface area contributed by atoms with E-state index < -0.39 is 0 Å². The van der Waals surface area contributed by atoms with Crippen molar-refractivity contribution in [3.63, 3.8) is 0 Å². The minimum Gasteiger partial charge on any atom is -0.278 e. The molecule has 5 aromatic heterocycles. The maximum atomic E-state index is 5.26. The van der Waals surface area contributed by atoms with E-state index in [9.17, 15) is 0 Å². The van der Waals surface area contributed by atoms with Crippen LogP contribution in [0.2, 0.25) is 0 Å². The van der Waals surface area contributed by atoms with Gasteiger partial charge in [0.2, 0.25) is 11.9 Å². The molecule has 0 unspecified atom stereocenters. The van der Waals surface area contributed by atoms with Gasteiger partial charge in [-0.3, -0.25) is 9.13 Å². The lowest BCUT2D eigenvalue weighted by molar-refractivity contribution is 0.953. The Bertz CT molecular complexity index is 4210. The molecule has 9 aromatic carbocycles. The zero-order valence-corrected chi connectivity index (χ0v) is 38.6. The van der Waals surface area contributed by atoms with Crippen LogP contribution in [0, 0.1) is 0 Å². The Kier molecular flexibility index (Phi) is 9.49. The Labute approximate surface area is 410 Å². The van der Waals surface area contributed by atoms with E-state index in [1.165, 1.54) is 0 Å². The third-order valence-corrected chi connectivity index (χ3v) is 14.1. The molecule has 0 atom stereocenters. The first kappa shape index (κ1) is 40.5. The summed E-state index contributed by atoms with van der Waals surface area (Å²) in [4.78, 5) is 36.3. The molecular weight excluding hydrogens is 891 g/mol. The van der Waals surface area contributed by atoms with Crippen LogP contribution in [0.25, 0.3) is 133 Å². The van der Waals surface area contributed by atoms with Gasteiger partial charge in [0.05, 0.1) is 32.3 Å². The summed E-state index contributed by atoms with van der Waals surface area (Å²) in [5.41, 5.74) is 11.6. The van der Waals surface area contributed by atoms with Crippen LogP contribution in [-0.4, -0.2) is 44.0 Å². The van der Waals surface area contributed by atoms with E-state index in [1.54, 1.807) is 11.3 Å². The fourth-order valence-electron chi connectivity index (χ4n) is 9.78. The first-order valence-electron chi connectivity index (χ1n) is 23.4. The Hall–Kier alpha value is -9.51. The highest BCUT2D eigenvalue weighted by Crippen LogP contribution is 2.43. The molecule has 0 bridgehead atoms. The van der Waals surface area contributed by atoms with Crippen LogP contribution in [0.15, 0.2) is 224 Å². The highest BCUT2D eigenvalue weighted by atomic mass is 32.1. The summed E-state index contributed by atoms with van der Waals surface area (Å²) < 4.78 is 5.47. The van der Waals surface area contributed by atoms with Gasteiger partial charge < -0.3 is 0 Å². The Balaban J connectivity index is 1.04. The van der Waals surface area contributed by atoms with E-state index in [0.29, 0.717) is 35.2 Å². The van der Waals surface area contributed by atoms with Crippen LogP contribution in [0.5, 0.6) is 0 Å². The van der Waals surface area contributed by atoms with Crippen molar-refractivity contribution < 1.29 is 0 Å². The van der Waals surface area contributed by atoms with Crippen LogP contribution in [0.4, 0.5) is 0 Å². The van der Waals surface area contributed by atoms with Crippen molar-refractivity contribution in [3.05, 3.63) is 224 Å². The van der Waals surface area contributed by atoms with Crippen molar-refractivity contribution in [1.29, 1.82) is 0 Å². The highest BCUT2D eigenvalue weighted by Gasteiger charge is 2.24. The number of aromatic nitrogens is 9. The molecule has 0 amide bonds. The van der Waals surface area contributed by atoms with Crippen molar-refractivity contribution in [3.8, 4) is 79.1 Å². The first-order chi connectivity index (χ1) is 35.2. The molecule has 5 heterocycles. The number of hydrogen-bond acceptors (Lipinski definition) is 8. The SMILES string of the molecule is c1ccc(-c2nc(-c3ccccc3)nc(-n3c4ccc(-c5cccc6c7ccccc7n(-c7nc(-c8ccccc8)nc(-c8ccccc8)n7)c56)cc4c4cc5sc(-c6ccccc6)nc5cc43)n2)cc1. The third kappa shape index (κ3) is 6.96. The maximum Gasteiger partial charge on any atom is 0.238 e. The van der Waals surface area contributed by atoms with E-state index in [2.05, 4.69) is 106 Å². The predicted octanol–water partition coefficient (Wildman–Crippen LogP) is 14.9. The van der Waals surface area contributed by atoms with E-state index >= 15 is 0 Å². The van der Waals surface area contributed by atoms with Gasteiger partial charge in [0.1, 0.15) is 5.01 Å². The minimum atomic E-state index is 0.517. The van der Waals surface area contributed by atoms with E-state index in [0.717, 1.165) is 97.8 Å². The number of benzene rings is 9. The lowest BCUT2D eigenvalue weighted by atomic mass is 10.00. The van der Waals surface area contributed by atoms with Crippen molar-refractivity contribution in [1.82, 2.24) is 44.0 Å². The molecule has 0 saturated heterocycles. The predicted molar refractivity (Wildman–Crippen MR) is 288 cm³/mol. The Morgan fingerprint density at radius 1 is 0.296 bits per heavy atom. The Morgan fingerprint density at radius 2 is 0.761 bits per heavy atom. The normalized spacial score (nSPS) is 11.7.